The van der Waals surface area contributed by atoms with Gasteiger partial charge in [-0.05, 0) is 32.9 Å². The van der Waals surface area contributed by atoms with Gasteiger partial charge in [-0.3, -0.25) is 0 Å². The van der Waals surface area contributed by atoms with Crippen LogP contribution in [0.2, 0.25) is 0 Å². The van der Waals surface area contributed by atoms with Crippen molar-refractivity contribution in [3.8, 4) is 0 Å². The van der Waals surface area contributed by atoms with Crippen LogP contribution in [0.3, 0.4) is 0 Å². The maximum absolute atomic E-state index is 5.48. The average molecular weight is 154 g/mol. The normalized spacial score (nSPS) is 11.9. The molecule has 0 fully saturated rings. The third kappa shape index (κ3) is 3.23. The molecule has 1 aromatic heterocycles. The predicted molar refractivity (Wildman–Crippen MR) is 43.3 cm³/mol. The summed E-state index contributed by atoms with van der Waals surface area (Å²) in [4.78, 5) is 0. The fourth-order valence-electron chi connectivity index (χ4n) is 0.682. The molecule has 0 N–H and O–H groups in total. The van der Waals surface area contributed by atoms with Crippen LogP contribution in [-0.2, 0) is 11.3 Å². The summed E-state index contributed by atoms with van der Waals surface area (Å²) in [5.41, 5.74) is -0.0905. The van der Waals surface area contributed by atoms with Crippen molar-refractivity contribution in [3.63, 3.8) is 0 Å². The summed E-state index contributed by atoms with van der Waals surface area (Å²) in [5.74, 6) is 0.875. The SMILES string of the molecule is CC(C)(C)OCc1ccco1. The molecule has 1 aromatic rings. The second-order valence-electron chi connectivity index (χ2n) is 3.48. The van der Waals surface area contributed by atoms with Crippen molar-refractivity contribution in [2.75, 3.05) is 0 Å². The quantitative estimate of drug-likeness (QED) is 0.653. The highest BCUT2D eigenvalue weighted by Gasteiger charge is 2.10. The highest BCUT2D eigenvalue weighted by Crippen LogP contribution is 2.11. The predicted octanol–water partition coefficient (Wildman–Crippen LogP) is 2.59. The van der Waals surface area contributed by atoms with Crippen molar-refractivity contribution in [1.29, 1.82) is 0 Å². The van der Waals surface area contributed by atoms with Crippen LogP contribution >= 0.6 is 0 Å². The molecule has 1 heterocycles. The highest BCUT2D eigenvalue weighted by molar-refractivity contribution is 4.96. The number of furan rings is 1. The van der Waals surface area contributed by atoms with Crippen LogP contribution < -0.4 is 0 Å². The summed E-state index contributed by atoms with van der Waals surface area (Å²) in [7, 11) is 0. The molecule has 0 aromatic carbocycles. The molecule has 0 aliphatic carbocycles. The molecule has 0 saturated carbocycles. The molecule has 0 unspecified atom stereocenters. The van der Waals surface area contributed by atoms with Gasteiger partial charge < -0.3 is 9.15 Å². The third-order valence-electron chi connectivity index (χ3n) is 1.23. The van der Waals surface area contributed by atoms with Crippen LogP contribution in [0.4, 0.5) is 0 Å². The van der Waals surface area contributed by atoms with E-state index in [0.29, 0.717) is 6.61 Å². The maximum Gasteiger partial charge on any atom is 0.129 e. The van der Waals surface area contributed by atoms with E-state index >= 15 is 0 Å². The Balaban J connectivity index is 2.35. The Bertz CT molecular complexity index is 194. The van der Waals surface area contributed by atoms with Crippen molar-refractivity contribution in [3.05, 3.63) is 24.2 Å². The Morgan fingerprint density at radius 1 is 1.45 bits per heavy atom. The minimum atomic E-state index is -0.0905. The molecule has 0 spiro atoms. The fraction of sp³-hybridized carbons (Fsp3) is 0.556. The number of hydrogen-bond donors (Lipinski definition) is 0. The minimum absolute atomic E-state index is 0.0905. The van der Waals surface area contributed by atoms with Crippen LogP contribution in [0.25, 0.3) is 0 Å². The summed E-state index contributed by atoms with van der Waals surface area (Å²) >= 11 is 0. The maximum atomic E-state index is 5.48. The van der Waals surface area contributed by atoms with E-state index in [1.807, 2.05) is 32.9 Å². The lowest BCUT2D eigenvalue weighted by atomic mass is 10.2. The first-order valence-electron chi connectivity index (χ1n) is 3.74. The molecule has 0 amide bonds. The summed E-state index contributed by atoms with van der Waals surface area (Å²) in [6, 6.07) is 3.77. The summed E-state index contributed by atoms with van der Waals surface area (Å²) in [6.45, 7) is 6.62. The van der Waals surface area contributed by atoms with Crippen LogP contribution in [0.5, 0.6) is 0 Å². The fourth-order valence-corrected chi connectivity index (χ4v) is 0.682. The van der Waals surface area contributed by atoms with Crippen LogP contribution in [-0.4, -0.2) is 5.60 Å². The molecule has 2 heteroatoms. The Hall–Kier alpha value is -0.760. The number of hydrogen-bond acceptors (Lipinski definition) is 2. The molecule has 0 saturated heterocycles. The van der Waals surface area contributed by atoms with Crippen molar-refractivity contribution in [2.45, 2.75) is 33.0 Å². The lowest BCUT2D eigenvalue weighted by Gasteiger charge is -2.18. The summed E-state index contributed by atoms with van der Waals surface area (Å²) in [6.07, 6.45) is 1.65. The molecule has 1 rings (SSSR count). The van der Waals surface area contributed by atoms with Gasteiger partial charge in [-0.15, -0.1) is 0 Å². The Morgan fingerprint density at radius 3 is 2.64 bits per heavy atom. The van der Waals surface area contributed by atoms with E-state index in [2.05, 4.69) is 0 Å². The molecule has 11 heavy (non-hydrogen) atoms. The summed E-state index contributed by atoms with van der Waals surface area (Å²) < 4.78 is 10.6. The molecule has 0 aliphatic heterocycles. The van der Waals surface area contributed by atoms with Gasteiger partial charge in [0.25, 0.3) is 0 Å². The first-order chi connectivity index (χ1) is 5.08. The lowest BCUT2D eigenvalue weighted by Crippen LogP contribution is -2.18. The number of ether oxygens (including phenoxy) is 1. The Kier molecular flexibility index (Phi) is 2.35. The van der Waals surface area contributed by atoms with Crippen molar-refractivity contribution in [2.24, 2.45) is 0 Å². The zero-order valence-electron chi connectivity index (χ0n) is 7.26. The topological polar surface area (TPSA) is 22.4 Å². The minimum Gasteiger partial charge on any atom is -0.467 e. The molecular weight excluding hydrogens is 140 g/mol. The van der Waals surface area contributed by atoms with Gasteiger partial charge in [-0.2, -0.15) is 0 Å². The van der Waals surface area contributed by atoms with Crippen molar-refractivity contribution >= 4 is 0 Å². The van der Waals surface area contributed by atoms with E-state index in [0.717, 1.165) is 5.76 Å². The van der Waals surface area contributed by atoms with Gasteiger partial charge in [0, 0.05) is 0 Å². The Morgan fingerprint density at radius 2 is 2.18 bits per heavy atom. The van der Waals surface area contributed by atoms with E-state index in [4.69, 9.17) is 9.15 Å². The van der Waals surface area contributed by atoms with Gasteiger partial charge in [0.15, 0.2) is 0 Å². The first kappa shape index (κ1) is 8.34. The van der Waals surface area contributed by atoms with Crippen LogP contribution in [0, 0.1) is 0 Å². The lowest BCUT2D eigenvalue weighted by molar-refractivity contribution is -0.0224. The average Bonchev–Trinajstić information content (AvgIpc) is 2.32. The van der Waals surface area contributed by atoms with E-state index in [1.54, 1.807) is 6.26 Å². The first-order valence-corrected chi connectivity index (χ1v) is 3.74. The van der Waals surface area contributed by atoms with E-state index in [1.165, 1.54) is 0 Å². The molecule has 0 radical (unpaired) electrons. The standard InChI is InChI=1S/C9H14O2/c1-9(2,3)11-7-8-5-4-6-10-8/h4-6H,7H2,1-3H3. The zero-order valence-corrected chi connectivity index (χ0v) is 7.26. The third-order valence-corrected chi connectivity index (χ3v) is 1.23. The molecular formula is C9H14O2. The summed E-state index contributed by atoms with van der Waals surface area (Å²) in [5, 5.41) is 0. The van der Waals surface area contributed by atoms with Crippen molar-refractivity contribution < 1.29 is 9.15 Å². The molecule has 0 bridgehead atoms. The van der Waals surface area contributed by atoms with E-state index in [9.17, 15) is 0 Å². The Labute approximate surface area is 67.2 Å². The van der Waals surface area contributed by atoms with Gasteiger partial charge >= 0.3 is 0 Å². The van der Waals surface area contributed by atoms with Crippen molar-refractivity contribution in [1.82, 2.24) is 0 Å². The van der Waals surface area contributed by atoms with E-state index < -0.39 is 0 Å². The molecule has 62 valence electrons. The van der Waals surface area contributed by atoms with Gasteiger partial charge in [0.1, 0.15) is 12.4 Å². The monoisotopic (exact) mass is 154 g/mol. The molecule has 0 atom stereocenters. The smallest absolute Gasteiger partial charge is 0.129 e. The van der Waals surface area contributed by atoms with Gasteiger partial charge in [0.05, 0.1) is 11.9 Å². The molecule has 0 aliphatic rings. The number of rotatable bonds is 2. The van der Waals surface area contributed by atoms with Crippen LogP contribution in [0.15, 0.2) is 22.8 Å². The van der Waals surface area contributed by atoms with Gasteiger partial charge in [0.2, 0.25) is 0 Å². The largest absolute Gasteiger partial charge is 0.467 e. The van der Waals surface area contributed by atoms with Crippen LogP contribution in [0.1, 0.15) is 26.5 Å². The molecule has 2 nitrogen and oxygen atoms in total. The zero-order chi connectivity index (χ0) is 8.32. The second kappa shape index (κ2) is 3.09. The van der Waals surface area contributed by atoms with Gasteiger partial charge in [-0.25, -0.2) is 0 Å². The second-order valence-corrected chi connectivity index (χ2v) is 3.48. The van der Waals surface area contributed by atoms with Gasteiger partial charge in [-0.1, -0.05) is 0 Å². The highest BCUT2D eigenvalue weighted by atomic mass is 16.5. The van der Waals surface area contributed by atoms with E-state index in [-0.39, 0.29) is 5.60 Å².